The summed E-state index contributed by atoms with van der Waals surface area (Å²) in [6.45, 7) is 1.77. The van der Waals surface area contributed by atoms with Gasteiger partial charge in [-0.15, -0.1) is 0 Å². The van der Waals surface area contributed by atoms with Crippen LogP contribution in [0.3, 0.4) is 0 Å². The van der Waals surface area contributed by atoms with Gasteiger partial charge in [0.05, 0.1) is 31.0 Å². The number of carbonyl (C=O) groups excluding carboxylic acids is 2. The summed E-state index contributed by atoms with van der Waals surface area (Å²) >= 11 is 1.22. The van der Waals surface area contributed by atoms with E-state index in [1.807, 2.05) is 0 Å². The minimum Gasteiger partial charge on any atom is -0.493 e. The first kappa shape index (κ1) is 15.0. The first-order valence-electron chi connectivity index (χ1n) is 6.09. The molecule has 0 fully saturated rings. The SMILES string of the molecule is CCOC(=O)C(=O)Nc1nc2cc(OC)c(OC)cc2s1. The second kappa shape index (κ2) is 6.40. The van der Waals surface area contributed by atoms with Gasteiger partial charge in [0.25, 0.3) is 0 Å². The molecule has 8 heteroatoms. The number of benzene rings is 1. The molecule has 0 unspecified atom stereocenters. The highest BCUT2D eigenvalue weighted by Crippen LogP contribution is 2.36. The Morgan fingerprint density at radius 2 is 1.90 bits per heavy atom. The molecule has 2 rings (SSSR count). The zero-order valence-electron chi connectivity index (χ0n) is 11.8. The lowest BCUT2D eigenvalue weighted by Gasteiger charge is -2.05. The van der Waals surface area contributed by atoms with Gasteiger partial charge >= 0.3 is 11.9 Å². The summed E-state index contributed by atoms with van der Waals surface area (Å²) in [4.78, 5) is 27.0. The molecular formula is C13H14N2O5S. The smallest absolute Gasteiger partial charge is 0.397 e. The number of ether oxygens (including phenoxy) is 3. The number of aromatic nitrogens is 1. The molecule has 2 aromatic rings. The van der Waals surface area contributed by atoms with Crippen molar-refractivity contribution < 1.29 is 23.8 Å². The maximum Gasteiger partial charge on any atom is 0.397 e. The molecule has 21 heavy (non-hydrogen) atoms. The summed E-state index contributed by atoms with van der Waals surface area (Å²) in [6.07, 6.45) is 0. The van der Waals surface area contributed by atoms with Crippen LogP contribution in [0.1, 0.15) is 6.92 Å². The van der Waals surface area contributed by atoms with E-state index in [4.69, 9.17) is 9.47 Å². The van der Waals surface area contributed by atoms with Gasteiger partial charge in [-0.25, -0.2) is 9.78 Å². The summed E-state index contributed by atoms with van der Waals surface area (Å²) in [7, 11) is 3.06. The van der Waals surface area contributed by atoms with Crippen LogP contribution >= 0.6 is 11.3 Å². The third-order valence-electron chi connectivity index (χ3n) is 2.58. The third-order valence-corrected chi connectivity index (χ3v) is 3.51. The predicted octanol–water partition coefficient (Wildman–Crippen LogP) is 1.82. The normalized spacial score (nSPS) is 10.2. The highest BCUT2D eigenvalue weighted by Gasteiger charge is 2.17. The fraction of sp³-hybridized carbons (Fsp3) is 0.308. The van der Waals surface area contributed by atoms with E-state index in [0.717, 1.165) is 4.70 Å². The number of methoxy groups -OCH3 is 2. The first-order valence-corrected chi connectivity index (χ1v) is 6.91. The van der Waals surface area contributed by atoms with Crippen molar-refractivity contribution in [3.05, 3.63) is 12.1 Å². The fourth-order valence-corrected chi connectivity index (χ4v) is 2.52. The molecule has 1 N–H and O–H groups in total. The van der Waals surface area contributed by atoms with Crippen LogP contribution in [0.4, 0.5) is 5.13 Å². The standard InChI is InChI=1S/C13H14N2O5S/c1-4-20-12(17)11(16)15-13-14-7-5-8(18-2)9(19-3)6-10(7)21-13/h5-6H,4H2,1-3H3,(H,14,15,16). The van der Waals surface area contributed by atoms with Gasteiger partial charge < -0.3 is 14.2 Å². The molecule has 0 saturated carbocycles. The molecule has 0 aliphatic heterocycles. The lowest BCUT2D eigenvalue weighted by molar-refractivity contribution is -0.152. The lowest BCUT2D eigenvalue weighted by Crippen LogP contribution is -2.24. The molecule has 1 amide bonds. The number of thiazole rings is 1. The lowest BCUT2D eigenvalue weighted by atomic mass is 10.3. The zero-order valence-corrected chi connectivity index (χ0v) is 12.6. The summed E-state index contributed by atoms with van der Waals surface area (Å²) in [5.74, 6) is -0.683. The average Bonchev–Trinajstić information content (AvgIpc) is 2.86. The Hall–Kier alpha value is -2.35. The van der Waals surface area contributed by atoms with Crippen LogP contribution < -0.4 is 14.8 Å². The van der Waals surface area contributed by atoms with Crippen LogP contribution in [0.2, 0.25) is 0 Å². The Bertz CT molecular complexity index is 641. The largest absolute Gasteiger partial charge is 0.493 e. The molecule has 0 aliphatic rings. The molecule has 0 saturated heterocycles. The number of hydrogen-bond acceptors (Lipinski definition) is 7. The van der Waals surface area contributed by atoms with E-state index in [9.17, 15) is 9.59 Å². The third kappa shape index (κ3) is 3.22. The second-order valence-corrected chi connectivity index (χ2v) is 4.90. The van der Waals surface area contributed by atoms with E-state index in [1.165, 1.54) is 25.6 Å². The van der Waals surface area contributed by atoms with Crippen LogP contribution in [0.5, 0.6) is 11.5 Å². The van der Waals surface area contributed by atoms with E-state index in [-0.39, 0.29) is 6.61 Å². The van der Waals surface area contributed by atoms with E-state index >= 15 is 0 Å². The molecule has 1 aromatic carbocycles. The Labute approximate surface area is 124 Å². The van der Waals surface area contributed by atoms with E-state index in [0.29, 0.717) is 22.1 Å². The number of esters is 1. The van der Waals surface area contributed by atoms with Crippen LogP contribution in [-0.2, 0) is 14.3 Å². The maximum absolute atomic E-state index is 11.6. The monoisotopic (exact) mass is 310 g/mol. The zero-order chi connectivity index (χ0) is 15.4. The molecule has 112 valence electrons. The Morgan fingerprint density at radius 1 is 1.24 bits per heavy atom. The minimum absolute atomic E-state index is 0.139. The van der Waals surface area contributed by atoms with Gasteiger partial charge in [-0.05, 0) is 6.92 Å². The van der Waals surface area contributed by atoms with E-state index < -0.39 is 11.9 Å². The summed E-state index contributed by atoms with van der Waals surface area (Å²) in [5, 5.41) is 2.71. The van der Waals surface area contributed by atoms with E-state index in [1.54, 1.807) is 19.1 Å². The molecule has 7 nitrogen and oxygen atoms in total. The van der Waals surface area contributed by atoms with Crippen molar-refractivity contribution >= 4 is 38.6 Å². The second-order valence-electron chi connectivity index (χ2n) is 3.87. The number of carbonyl (C=O) groups is 2. The summed E-state index contributed by atoms with van der Waals surface area (Å²) in [6, 6.07) is 3.45. The first-order chi connectivity index (χ1) is 10.1. The van der Waals surface area contributed by atoms with Crippen molar-refractivity contribution in [3.63, 3.8) is 0 Å². The molecule has 0 radical (unpaired) electrons. The number of nitrogens with one attached hydrogen (secondary N) is 1. The van der Waals surface area contributed by atoms with Crippen molar-refractivity contribution in [2.24, 2.45) is 0 Å². The number of anilines is 1. The van der Waals surface area contributed by atoms with E-state index in [2.05, 4.69) is 15.0 Å². The van der Waals surface area contributed by atoms with Gasteiger partial charge in [-0.2, -0.15) is 0 Å². The van der Waals surface area contributed by atoms with Gasteiger partial charge in [-0.1, -0.05) is 11.3 Å². The van der Waals surface area contributed by atoms with Crippen molar-refractivity contribution in [2.75, 3.05) is 26.1 Å². The maximum atomic E-state index is 11.6. The Morgan fingerprint density at radius 3 is 2.52 bits per heavy atom. The molecule has 0 aliphatic carbocycles. The Balaban J connectivity index is 2.26. The van der Waals surface area contributed by atoms with Gasteiger partial charge in [0.1, 0.15) is 0 Å². The topological polar surface area (TPSA) is 86.8 Å². The molecule has 1 aromatic heterocycles. The van der Waals surface area contributed by atoms with Gasteiger partial charge in [-0.3, -0.25) is 10.1 Å². The molecule has 0 bridgehead atoms. The summed E-state index contributed by atoms with van der Waals surface area (Å²) in [5.41, 5.74) is 0.636. The minimum atomic E-state index is -0.938. The predicted molar refractivity (Wildman–Crippen MR) is 78.0 cm³/mol. The number of fused-ring (bicyclic) bond motifs is 1. The van der Waals surface area contributed by atoms with Gasteiger partial charge in [0.15, 0.2) is 16.6 Å². The number of nitrogens with zero attached hydrogens (tertiary/aromatic N) is 1. The van der Waals surface area contributed by atoms with Crippen LogP contribution in [0, 0.1) is 0 Å². The summed E-state index contributed by atoms with van der Waals surface area (Å²) < 4.78 is 15.8. The van der Waals surface area contributed by atoms with Crippen molar-refractivity contribution in [2.45, 2.75) is 6.92 Å². The number of rotatable bonds is 4. The van der Waals surface area contributed by atoms with Crippen LogP contribution in [0.15, 0.2) is 12.1 Å². The highest BCUT2D eigenvalue weighted by molar-refractivity contribution is 7.22. The van der Waals surface area contributed by atoms with Crippen LogP contribution in [-0.4, -0.2) is 37.7 Å². The molecule has 0 spiro atoms. The highest BCUT2D eigenvalue weighted by atomic mass is 32.1. The number of amides is 1. The molecular weight excluding hydrogens is 296 g/mol. The van der Waals surface area contributed by atoms with Crippen molar-refractivity contribution in [1.82, 2.24) is 4.98 Å². The average molecular weight is 310 g/mol. The fourth-order valence-electron chi connectivity index (χ4n) is 1.65. The van der Waals surface area contributed by atoms with Gasteiger partial charge in [0, 0.05) is 12.1 Å². The van der Waals surface area contributed by atoms with Crippen molar-refractivity contribution in [3.8, 4) is 11.5 Å². The van der Waals surface area contributed by atoms with Gasteiger partial charge in [0.2, 0.25) is 0 Å². The quantitative estimate of drug-likeness (QED) is 0.684. The van der Waals surface area contributed by atoms with Crippen LogP contribution in [0.25, 0.3) is 10.2 Å². The Kier molecular flexibility index (Phi) is 4.59. The molecule has 0 atom stereocenters. The number of hydrogen-bond donors (Lipinski definition) is 1. The molecule has 1 heterocycles. The van der Waals surface area contributed by atoms with Crippen molar-refractivity contribution in [1.29, 1.82) is 0 Å².